The van der Waals surface area contributed by atoms with Gasteiger partial charge in [-0.05, 0) is 52.2 Å². The molecule has 0 spiro atoms. The molecule has 1 fully saturated rings. The van der Waals surface area contributed by atoms with E-state index in [1.807, 2.05) is 39.8 Å². The van der Waals surface area contributed by atoms with Crippen LogP contribution >= 0.6 is 0 Å². The highest BCUT2D eigenvalue weighted by Crippen LogP contribution is 2.29. The van der Waals surface area contributed by atoms with Gasteiger partial charge in [0.15, 0.2) is 5.82 Å². The van der Waals surface area contributed by atoms with Gasteiger partial charge in [-0.2, -0.15) is 4.98 Å². The van der Waals surface area contributed by atoms with Gasteiger partial charge in [0.05, 0.1) is 13.0 Å². The number of amides is 1. The van der Waals surface area contributed by atoms with E-state index >= 15 is 0 Å². The maximum atomic E-state index is 12.4. The number of hydrogen-bond donors (Lipinski definition) is 0. The van der Waals surface area contributed by atoms with E-state index in [1.54, 1.807) is 11.1 Å². The predicted octanol–water partition coefficient (Wildman–Crippen LogP) is 3.26. The molecule has 0 bridgehead atoms. The molecule has 2 aromatic rings. The number of ether oxygens (including phenoxy) is 1. The van der Waals surface area contributed by atoms with Crippen molar-refractivity contribution >= 4 is 6.09 Å². The molecule has 3 rings (SSSR count). The van der Waals surface area contributed by atoms with E-state index in [0.717, 1.165) is 24.1 Å². The molecule has 1 aliphatic rings. The van der Waals surface area contributed by atoms with Crippen LogP contribution in [0.25, 0.3) is 0 Å². The molecule has 134 valence electrons. The first kappa shape index (κ1) is 17.4. The second kappa shape index (κ2) is 6.82. The standard InChI is InChI=1S/C18H24N4O3/c1-12-5-6-13(10-19-12)9-16-20-15(21-25-16)11-22(14-7-8-14)17(23)24-18(2,3)4/h5-6,10,14H,7-9,11H2,1-4H3. The Morgan fingerprint density at radius 2 is 2.12 bits per heavy atom. The summed E-state index contributed by atoms with van der Waals surface area (Å²) < 4.78 is 10.8. The summed E-state index contributed by atoms with van der Waals surface area (Å²) in [4.78, 5) is 22.7. The van der Waals surface area contributed by atoms with Gasteiger partial charge in [-0.15, -0.1) is 0 Å². The summed E-state index contributed by atoms with van der Waals surface area (Å²) in [6.07, 6.45) is 3.97. The third-order valence-electron chi connectivity index (χ3n) is 3.77. The minimum Gasteiger partial charge on any atom is -0.444 e. The van der Waals surface area contributed by atoms with Crippen molar-refractivity contribution in [2.75, 3.05) is 0 Å². The summed E-state index contributed by atoms with van der Waals surface area (Å²) in [7, 11) is 0. The average Bonchev–Trinajstić information content (AvgIpc) is 3.26. The summed E-state index contributed by atoms with van der Waals surface area (Å²) in [6, 6.07) is 4.14. The molecule has 0 saturated heterocycles. The number of aryl methyl sites for hydroxylation is 1. The molecular weight excluding hydrogens is 320 g/mol. The third-order valence-corrected chi connectivity index (χ3v) is 3.77. The highest BCUT2D eigenvalue weighted by Gasteiger charge is 2.36. The Morgan fingerprint density at radius 3 is 2.72 bits per heavy atom. The van der Waals surface area contributed by atoms with Crippen molar-refractivity contribution in [2.24, 2.45) is 0 Å². The van der Waals surface area contributed by atoms with Crippen LogP contribution in [-0.2, 0) is 17.7 Å². The largest absolute Gasteiger partial charge is 0.444 e. The molecule has 1 amide bonds. The molecule has 0 radical (unpaired) electrons. The van der Waals surface area contributed by atoms with Crippen molar-refractivity contribution in [3.8, 4) is 0 Å². The highest BCUT2D eigenvalue weighted by molar-refractivity contribution is 5.68. The number of carbonyl (C=O) groups is 1. The summed E-state index contributed by atoms with van der Waals surface area (Å²) in [6.45, 7) is 7.82. The van der Waals surface area contributed by atoms with Crippen molar-refractivity contribution in [1.82, 2.24) is 20.0 Å². The van der Waals surface area contributed by atoms with Crippen molar-refractivity contribution < 1.29 is 14.1 Å². The lowest BCUT2D eigenvalue weighted by atomic mass is 10.2. The fourth-order valence-electron chi connectivity index (χ4n) is 2.41. The Bertz CT molecular complexity index is 730. The first-order valence-electron chi connectivity index (χ1n) is 8.53. The minimum absolute atomic E-state index is 0.207. The fraction of sp³-hybridized carbons (Fsp3) is 0.556. The zero-order valence-corrected chi connectivity index (χ0v) is 15.2. The van der Waals surface area contributed by atoms with Crippen molar-refractivity contribution in [1.29, 1.82) is 0 Å². The van der Waals surface area contributed by atoms with E-state index in [4.69, 9.17) is 9.26 Å². The SMILES string of the molecule is Cc1ccc(Cc2nc(CN(C(=O)OC(C)(C)C)C3CC3)no2)cn1. The molecule has 7 nitrogen and oxygen atoms in total. The maximum absolute atomic E-state index is 12.4. The molecular formula is C18H24N4O3. The van der Waals surface area contributed by atoms with Gasteiger partial charge in [0.1, 0.15) is 5.60 Å². The topological polar surface area (TPSA) is 81.4 Å². The molecule has 1 saturated carbocycles. The van der Waals surface area contributed by atoms with Crippen LogP contribution in [-0.4, -0.2) is 37.8 Å². The summed E-state index contributed by atoms with van der Waals surface area (Å²) in [5, 5.41) is 4.00. The lowest BCUT2D eigenvalue weighted by molar-refractivity contribution is 0.0210. The molecule has 2 heterocycles. The van der Waals surface area contributed by atoms with E-state index in [-0.39, 0.29) is 12.1 Å². The van der Waals surface area contributed by atoms with Gasteiger partial charge in [0.25, 0.3) is 0 Å². The minimum atomic E-state index is -0.523. The quantitative estimate of drug-likeness (QED) is 0.828. The van der Waals surface area contributed by atoms with Crippen LogP contribution in [0.15, 0.2) is 22.9 Å². The Morgan fingerprint density at radius 1 is 1.36 bits per heavy atom. The molecule has 7 heteroatoms. The zero-order chi connectivity index (χ0) is 18.0. The first-order valence-corrected chi connectivity index (χ1v) is 8.53. The summed E-state index contributed by atoms with van der Waals surface area (Å²) in [5.41, 5.74) is 1.45. The van der Waals surface area contributed by atoms with Gasteiger partial charge in [0, 0.05) is 17.9 Å². The zero-order valence-electron chi connectivity index (χ0n) is 15.2. The third kappa shape index (κ3) is 5.01. The van der Waals surface area contributed by atoms with E-state index in [9.17, 15) is 4.79 Å². The van der Waals surface area contributed by atoms with Crippen LogP contribution in [0.5, 0.6) is 0 Å². The number of carbonyl (C=O) groups excluding carboxylic acids is 1. The number of nitrogens with zero attached hydrogens (tertiary/aromatic N) is 4. The van der Waals surface area contributed by atoms with Crippen LogP contribution < -0.4 is 0 Å². The average molecular weight is 344 g/mol. The molecule has 1 aliphatic carbocycles. The van der Waals surface area contributed by atoms with Gasteiger partial charge >= 0.3 is 6.09 Å². The lowest BCUT2D eigenvalue weighted by Crippen LogP contribution is -2.38. The van der Waals surface area contributed by atoms with Crippen LogP contribution in [0, 0.1) is 6.92 Å². The molecule has 0 unspecified atom stereocenters. The van der Waals surface area contributed by atoms with Crippen molar-refractivity contribution in [2.45, 2.75) is 65.1 Å². The van der Waals surface area contributed by atoms with Gasteiger partial charge < -0.3 is 9.26 Å². The number of rotatable bonds is 5. The number of hydrogen-bond acceptors (Lipinski definition) is 6. The second-order valence-corrected chi connectivity index (χ2v) is 7.43. The summed E-state index contributed by atoms with van der Waals surface area (Å²) in [5.74, 6) is 1.01. The fourth-order valence-corrected chi connectivity index (χ4v) is 2.41. The highest BCUT2D eigenvalue weighted by atomic mass is 16.6. The van der Waals surface area contributed by atoms with Crippen LogP contribution in [0.2, 0.25) is 0 Å². The van der Waals surface area contributed by atoms with Gasteiger partial charge in [-0.3, -0.25) is 9.88 Å². The van der Waals surface area contributed by atoms with Crippen LogP contribution in [0.3, 0.4) is 0 Å². The predicted molar refractivity (Wildman–Crippen MR) is 90.9 cm³/mol. The Balaban J connectivity index is 1.64. The first-order chi connectivity index (χ1) is 11.8. The molecule has 0 aromatic carbocycles. The Hall–Kier alpha value is -2.44. The van der Waals surface area contributed by atoms with E-state index in [2.05, 4.69) is 15.1 Å². The normalized spacial score (nSPS) is 14.4. The molecule has 0 N–H and O–H groups in total. The van der Waals surface area contributed by atoms with Crippen LogP contribution in [0.4, 0.5) is 4.79 Å². The van der Waals surface area contributed by atoms with Gasteiger partial charge in [-0.1, -0.05) is 11.2 Å². The van der Waals surface area contributed by atoms with Gasteiger partial charge in [-0.25, -0.2) is 4.79 Å². The molecule has 0 atom stereocenters. The van der Waals surface area contributed by atoms with E-state index in [0.29, 0.717) is 24.7 Å². The Kier molecular flexibility index (Phi) is 4.74. The smallest absolute Gasteiger partial charge is 0.410 e. The van der Waals surface area contributed by atoms with E-state index in [1.165, 1.54) is 0 Å². The second-order valence-electron chi connectivity index (χ2n) is 7.43. The van der Waals surface area contributed by atoms with Crippen molar-refractivity contribution in [3.63, 3.8) is 0 Å². The maximum Gasteiger partial charge on any atom is 0.410 e. The number of aromatic nitrogens is 3. The van der Waals surface area contributed by atoms with Gasteiger partial charge in [0.2, 0.25) is 5.89 Å². The summed E-state index contributed by atoms with van der Waals surface area (Å²) >= 11 is 0. The molecule has 0 aliphatic heterocycles. The molecule has 2 aromatic heterocycles. The van der Waals surface area contributed by atoms with Crippen LogP contribution in [0.1, 0.15) is 56.6 Å². The van der Waals surface area contributed by atoms with Crippen molar-refractivity contribution in [3.05, 3.63) is 41.3 Å². The molecule has 25 heavy (non-hydrogen) atoms. The lowest BCUT2D eigenvalue weighted by Gasteiger charge is -2.26. The van der Waals surface area contributed by atoms with E-state index < -0.39 is 5.60 Å². The Labute approximate surface area is 147 Å². The monoisotopic (exact) mass is 344 g/mol. The number of pyridine rings is 1.